The maximum atomic E-state index is 12.2. The van der Waals surface area contributed by atoms with Gasteiger partial charge in [-0.2, -0.15) is 0 Å². The third-order valence-corrected chi connectivity index (χ3v) is 6.44. The van der Waals surface area contributed by atoms with Crippen molar-refractivity contribution in [3.05, 3.63) is 33.9 Å². The molecule has 1 N–H and O–H groups in total. The SMILES string of the molecule is O=C(OCCC12CC3CC(CC(C3)C1)C2)c1cc([N+](=O)[O-])ccc1O. The summed E-state index contributed by atoms with van der Waals surface area (Å²) < 4.78 is 5.36. The topological polar surface area (TPSA) is 89.7 Å². The summed E-state index contributed by atoms with van der Waals surface area (Å²) in [5.74, 6) is 1.57. The van der Waals surface area contributed by atoms with Gasteiger partial charge in [0, 0.05) is 12.1 Å². The van der Waals surface area contributed by atoms with Crippen LogP contribution in [0, 0.1) is 33.3 Å². The highest BCUT2D eigenvalue weighted by Gasteiger charge is 2.50. The molecule has 0 aliphatic heterocycles. The van der Waals surface area contributed by atoms with Crippen molar-refractivity contribution in [2.24, 2.45) is 23.2 Å². The van der Waals surface area contributed by atoms with Gasteiger partial charge in [0.25, 0.3) is 5.69 Å². The Hall–Kier alpha value is -2.11. The lowest BCUT2D eigenvalue weighted by atomic mass is 9.49. The Morgan fingerprint density at radius 3 is 2.36 bits per heavy atom. The summed E-state index contributed by atoms with van der Waals surface area (Å²) in [4.78, 5) is 22.5. The van der Waals surface area contributed by atoms with Gasteiger partial charge in [0.05, 0.1) is 11.5 Å². The van der Waals surface area contributed by atoms with Crippen LogP contribution in [0.4, 0.5) is 5.69 Å². The third-order valence-electron chi connectivity index (χ3n) is 6.44. The number of rotatable bonds is 5. The molecule has 0 atom stereocenters. The number of phenols is 1. The Labute approximate surface area is 146 Å². The molecule has 4 bridgehead atoms. The van der Waals surface area contributed by atoms with Gasteiger partial charge in [0.2, 0.25) is 0 Å². The minimum Gasteiger partial charge on any atom is -0.507 e. The molecule has 1 aromatic carbocycles. The molecule has 6 heteroatoms. The van der Waals surface area contributed by atoms with E-state index in [0.717, 1.165) is 36.3 Å². The van der Waals surface area contributed by atoms with Crippen LogP contribution in [-0.4, -0.2) is 22.6 Å². The first-order valence-corrected chi connectivity index (χ1v) is 9.09. The molecule has 0 radical (unpaired) electrons. The van der Waals surface area contributed by atoms with E-state index < -0.39 is 10.9 Å². The predicted molar refractivity (Wildman–Crippen MR) is 90.3 cm³/mol. The summed E-state index contributed by atoms with van der Waals surface area (Å²) in [6.45, 7) is 0.313. The van der Waals surface area contributed by atoms with E-state index in [2.05, 4.69) is 0 Å². The van der Waals surface area contributed by atoms with Crippen molar-refractivity contribution in [3.63, 3.8) is 0 Å². The van der Waals surface area contributed by atoms with E-state index >= 15 is 0 Å². The van der Waals surface area contributed by atoms with E-state index in [1.165, 1.54) is 44.6 Å². The van der Waals surface area contributed by atoms with E-state index in [-0.39, 0.29) is 17.0 Å². The quantitative estimate of drug-likeness (QED) is 0.494. The fraction of sp³-hybridized carbons (Fsp3) is 0.632. The molecule has 0 aromatic heterocycles. The zero-order chi connectivity index (χ0) is 17.6. The number of ether oxygens (including phenoxy) is 1. The van der Waals surface area contributed by atoms with Gasteiger partial charge in [0.1, 0.15) is 11.3 Å². The molecular formula is C19H23NO5. The third kappa shape index (κ3) is 3.10. The lowest BCUT2D eigenvalue weighted by Gasteiger charge is -2.57. The number of aromatic hydroxyl groups is 1. The molecule has 4 saturated carbocycles. The monoisotopic (exact) mass is 345 g/mol. The molecular weight excluding hydrogens is 322 g/mol. The van der Waals surface area contributed by atoms with Crippen LogP contribution in [0.3, 0.4) is 0 Å². The number of hydrogen-bond donors (Lipinski definition) is 1. The summed E-state index contributed by atoms with van der Waals surface area (Å²) in [6.07, 6.45) is 8.73. The predicted octanol–water partition coefficient (Wildman–Crippen LogP) is 4.06. The van der Waals surface area contributed by atoms with Crippen molar-refractivity contribution in [2.75, 3.05) is 6.61 Å². The van der Waals surface area contributed by atoms with E-state index in [9.17, 15) is 20.0 Å². The number of nitrogens with zero attached hydrogens (tertiary/aromatic N) is 1. The van der Waals surface area contributed by atoms with Gasteiger partial charge in [-0.05, 0) is 74.2 Å². The van der Waals surface area contributed by atoms with Gasteiger partial charge in [-0.1, -0.05) is 0 Å². The van der Waals surface area contributed by atoms with Gasteiger partial charge in [0.15, 0.2) is 0 Å². The van der Waals surface area contributed by atoms with E-state index in [1.807, 2.05) is 0 Å². The average molecular weight is 345 g/mol. The molecule has 4 fully saturated rings. The smallest absolute Gasteiger partial charge is 0.342 e. The first kappa shape index (κ1) is 16.4. The zero-order valence-electron chi connectivity index (χ0n) is 14.1. The van der Waals surface area contributed by atoms with E-state index in [4.69, 9.17) is 4.74 Å². The molecule has 0 spiro atoms. The largest absolute Gasteiger partial charge is 0.507 e. The van der Waals surface area contributed by atoms with Crippen LogP contribution in [0.1, 0.15) is 55.3 Å². The number of nitro benzene ring substituents is 1. The molecule has 134 valence electrons. The van der Waals surface area contributed by atoms with Crippen molar-refractivity contribution < 1.29 is 19.6 Å². The lowest BCUT2D eigenvalue weighted by molar-refractivity contribution is -0.384. The number of nitro groups is 1. The van der Waals surface area contributed by atoms with Crippen molar-refractivity contribution in [3.8, 4) is 5.75 Å². The molecule has 4 aliphatic rings. The van der Waals surface area contributed by atoms with Crippen LogP contribution in [0.25, 0.3) is 0 Å². The number of esters is 1. The molecule has 25 heavy (non-hydrogen) atoms. The van der Waals surface area contributed by atoms with Crippen LogP contribution in [0.5, 0.6) is 5.75 Å². The number of carbonyl (C=O) groups excluding carboxylic acids is 1. The molecule has 4 aliphatic carbocycles. The molecule has 0 amide bonds. The Morgan fingerprint density at radius 2 is 1.80 bits per heavy atom. The highest BCUT2D eigenvalue weighted by atomic mass is 16.6. The average Bonchev–Trinajstić information content (AvgIpc) is 2.53. The zero-order valence-corrected chi connectivity index (χ0v) is 14.1. The van der Waals surface area contributed by atoms with Crippen LogP contribution in [-0.2, 0) is 4.74 Å². The highest BCUT2D eigenvalue weighted by Crippen LogP contribution is 2.61. The maximum Gasteiger partial charge on any atom is 0.342 e. The number of carbonyl (C=O) groups is 1. The fourth-order valence-electron chi connectivity index (χ4n) is 5.84. The first-order valence-electron chi connectivity index (χ1n) is 9.09. The van der Waals surface area contributed by atoms with E-state index in [0.29, 0.717) is 12.0 Å². The van der Waals surface area contributed by atoms with Crippen molar-refractivity contribution >= 4 is 11.7 Å². The van der Waals surface area contributed by atoms with Gasteiger partial charge in [-0.3, -0.25) is 10.1 Å². The lowest BCUT2D eigenvalue weighted by Crippen LogP contribution is -2.46. The molecule has 5 rings (SSSR count). The molecule has 0 heterocycles. The van der Waals surface area contributed by atoms with E-state index in [1.54, 1.807) is 0 Å². The van der Waals surface area contributed by atoms with Gasteiger partial charge < -0.3 is 9.84 Å². The Kier molecular flexibility index (Phi) is 3.93. The number of non-ortho nitro benzene ring substituents is 1. The maximum absolute atomic E-state index is 12.2. The standard InChI is InChI=1S/C19H23NO5/c21-17-2-1-15(20(23)24)8-16(17)18(22)25-4-3-19-9-12-5-13(10-19)7-14(6-12)11-19/h1-2,8,12-14,21H,3-7,9-11H2. The minimum absolute atomic E-state index is 0.139. The molecule has 0 unspecified atom stereocenters. The Bertz CT molecular complexity index is 678. The van der Waals surface area contributed by atoms with Crippen molar-refractivity contribution in [1.82, 2.24) is 0 Å². The number of benzene rings is 1. The van der Waals surface area contributed by atoms with Crippen molar-refractivity contribution in [1.29, 1.82) is 0 Å². The Balaban J connectivity index is 1.38. The summed E-state index contributed by atoms with van der Waals surface area (Å²) >= 11 is 0. The highest BCUT2D eigenvalue weighted by molar-refractivity contribution is 5.93. The summed E-state index contributed by atoms with van der Waals surface area (Å²) in [5.41, 5.74) is -0.0507. The van der Waals surface area contributed by atoms with Crippen LogP contribution in [0.2, 0.25) is 0 Å². The van der Waals surface area contributed by atoms with Crippen molar-refractivity contribution in [2.45, 2.75) is 44.9 Å². The Morgan fingerprint density at radius 1 is 1.20 bits per heavy atom. The molecule has 0 saturated heterocycles. The van der Waals surface area contributed by atoms with Gasteiger partial charge in [-0.25, -0.2) is 4.79 Å². The summed E-state index contributed by atoms with van der Waals surface area (Å²) in [6, 6.07) is 3.40. The van der Waals surface area contributed by atoms with Gasteiger partial charge in [-0.15, -0.1) is 0 Å². The normalized spacial score (nSPS) is 32.6. The second-order valence-electron chi connectivity index (χ2n) is 8.26. The van der Waals surface area contributed by atoms with Gasteiger partial charge >= 0.3 is 5.97 Å². The second kappa shape index (κ2) is 6.00. The number of phenolic OH excluding ortho intramolecular Hbond substituents is 1. The van der Waals surface area contributed by atoms with Crippen LogP contribution >= 0.6 is 0 Å². The van der Waals surface area contributed by atoms with Crippen LogP contribution in [0.15, 0.2) is 18.2 Å². The number of hydrogen-bond acceptors (Lipinski definition) is 5. The summed E-state index contributed by atoms with van der Waals surface area (Å²) in [7, 11) is 0. The minimum atomic E-state index is -0.689. The van der Waals surface area contributed by atoms with Crippen LogP contribution < -0.4 is 0 Å². The second-order valence-corrected chi connectivity index (χ2v) is 8.26. The molecule has 6 nitrogen and oxygen atoms in total. The molecule has 1 aromatic rings. The first-order chi connectivity index (χ1) is 11.9. The fourth-order valence-corrected chi connectivity index (χ4v) is 5.84. The summed E-state index contributed by atoms with van der Waals surface area (Å²) in [5, 5.41) is 20.6.